The highest BCUT2D eigenvalue weighted by atomic mass is 32.1. The SMILES string of the molecule is COc1cc2nccc(Oc3ccc(N(S)C(=O)NCCCN4CCN(C)CC4)c(C)c3C)c2cc1OC. The number of thiol groups is 1. The van der Waals surface area contributed by atoms with Gasteiger partial charge in [0.15, 0.2) is 11.5 Å². The van der Waals surface area contributed by atoms with Crippen LogP contribution in [0.25, 0.3) is 10.9 Å². The van der Waals surface area contributed by atoms with Crippen LogP contribution < -0.4 is 23.8 Å². The summed E-state index contributed by atoms with van der Waals surface area (Å²) in [5.74, 6) is 2.53. The van der Waals surface area contributed by atoms with Crippen LogP contribution in [0, 0.1) is 13.8 Å². The molecule has 9 nitrogen and oxygen atoms in total. The molecule has 0 aliphatic carbocycles. The van der Waals surface area contributed by atoms with Crippen molar-refractivity contribution in [2.75, 3.05) is 64.8 Å². The van der Waals surface area contributed by atoms with E-state index in [0.717, 1.165) is 61.2 Å². The number of amides is 2. The van der Waals surface area contributed by atoms with E-state index >= 15 is 0 Å². The van der Waals surface area contributed by atoms with Gasteiger partial charge < -0.3 is 29.3 Å². The third-order valence-corrected chi connectivity index (χ3v) is 7.48. The largest absolute Gasteiger partial charge is 0.493 e. The second kappa shape index (κ2) is 12.6. The predicted molar refractivity (Wildman–Crippen MR) is 154 cm³/mol. The topological polar surface area (TPSA) is 79.4 Å². The van der Waals surface area contributed by atoms with Gasteiger partial charge in [0.1, 0.15) is 11.5 Å². The molecule has 0 atom stereocenters. The molecule has 1 N–H and O–H groups in total. The second-order valence-electron chi connectivity index (χ2n) is 9.51. The number of piperazine rings is 1. The Bertz CT molecular complexity index is 1280. The zero-order valence-corrected chi connectivity index (χ0v) is 23.7. The summed E-state index contributed by atoms with van der Waals surface area (Å²) in [6, 6.07) is 8.96. The Morgan fingerprint density at radius 3 is 2.42 bits per heavy atom. The molecule has 0 radical (unpaired) electrons. The normalized spacial score (nSPS) is 14.4. The van der Waals surface area contributed by atoms with E-state index in [0.29, 0.717) is 35.2 Å². The van der Waals surface area contributed by atoms with E-state index in [1.54, 1.807) is 20.4 Å². The predicted octanol–water partition coefficient (Wildman–Crippen LogP) is 4.66. The highest BCUT2D eigenvalue weighted by Gasteiger charge is 2.19. The fourth-order valence-corrected chi connectivity index (χ4v) is 4.82. The van der Waals surface area contributed by atoms with Crippen LogP contribution in [0.5, 0.6) is 23.0 Å². The van der Waals surface area contributed by atoms with Crippen LogP contribution >= 0.6 is 12.8 Å². The Morgan fingerprint density at radius 2 is 1.71 bits per heavy atom. The van der Waals surface area contributed by atoms with Crippen LogP contribution in [-0.4, -0.2) is 81.4 Å². The van der Waals surface area contributed by atoms with Crippen molar-refractivity contribution in [1.82, 2.24) is 20.1 Å². The third-order valence-electron chi connectivity index (χ3n) is 7.08. The molecule has 0 saturated carbocycles. The first-order valence-electron chi connectivity index (χ1n) is 12.8. The van der Waals surface area contributed by atoms with Gasteiger partial charge in [0.05, 0.1) is 25.4 Å². The molecule has 0 bridgehead atoms. The molecule has 0 unspecified atom stereocenters. The molecular weight excluding hydrogens is 502 g/mol. The van der Waals surface area contributed by atoms with Gasteiger partial charge in [-0.3, -0.25) is 4.98 Å². The molecule has 4 rings (SSSR count). The minimum absolute atomic E-state index is 0.246. The molecule has 10 heteroatoms. The summed E-state index contributed by atoms with van der Waals surface area (Å²) in [5.41, 5.74) is 3.26. The Balaban J connectivity index is 1.42. The average Bonchev–Trinajstić information content (AvgIpc) is 2.93. The van der Waals surface area contributed by atoms with Crippen molar-refractivity contribution < 1.29 is 19.0 Å². The number of carbonyl (C=O) groups is 1. The monoisotopic (exact) mass is 539 g/mol. The summed E-state index contributed by atoms with van der Waals surface area (Å²) in [6.07, 6.45) is 2.60. The Morgan fingerprint density at radius 1 is 1.00 bits per heavy atom. The molecule has 1 fully saturated rings. The highest BCUT2D eigenvalue weighted by Crippen LogP contribution is 2.39. The first kappa shape index (κ1) is 27.8. The summed E-state index contributed by atoms with van der Waals surface area (Å²) in [4.78, 5) is 22.0. The zero-order valence-electron chi connectivity index (χ0n) is 22.8. The van der Waals surface area contributed by atoms with E-state index < -0.39 is 0 Å². The van der Waals surface area contributed by atoms with Gasteiger partial charge in [0.25, 0.3) is 0 Å². The van der Waals surface area contributed by atoms with Crippen LogP contribution in [0.15, 0.2) is 36.5 Å². The molecular formula is C28H37N5O4S. The van der Waals surface area contributed by atoms with Crippen LogP contribution in [0.2, 0.25) is 0 Å². The number of anilines is 1. The first-order valence-corrected chi connectivity index (χ1v) is 13.2. The van der Waals surface area contributed by atoms with Crippen molar-refractivity contribution in [2.45, 2.75) is 20.3 Å². The number of nitrogens with one attached hydrogen (secondary N) is 1. The summed E-state index contributed by atoms with van der Waals surface area (Å²) in [5, 5.41) is 3.79. The summed E-state index contributed by atoms with van der Waals surface area (Å²) in [7, 11) is 5.34. The minimum Gasteiger partial charge on any atom is -0.493 e. The van der Waals surface area contributed by atoms with Crippen molar-refractivity contribution >= 4 is 35.4 Å². The van der Waals surface area contributed by atoms with Gasteiger partial charge in [-0.25, -0.2) is 9.10 Å². The summed E-state index contributed by atoms with van der Waals surface area (Å²) < 4.78 is 18.6. The molecule has 2 heterocycles. The highest BCUT2D eigenvalue weighted by molar-refractivity contribution is 7.82. The number of aromatic nitrogens is 1. The number of fused-ring (bicyclic) bond motifs is 1. The van der Waals surface area contributed by atoms with Crippen molar-refractivity contribution in [3.05, 3.63) is 47.7 Å². The van der Waals surface area contributed by atoms with Gasteiger partial charge in [-0.2, -0.15) is 0 Å². The van der Waals surface area contributed by atoms with E-state index in [1.807, 2.05) is 44.2 Å². The number of urea groups is 1. The smallest absolute Gasteiger partial charge is 0.331 e. The molecule has 2 aromatic carbocycles. The number of hydrogen-bond donors (Lipinski definition) is 2. The number of nitrogens with zero attached hydrogens (tertiary/aromatic N) is 4. The molecule has 0 spiro atoms. The van der Waals surface area contributed by atoms with Gasteiger partial charge >= 0.3 is 6.03 Å². The maximum Gasteiger partial charge on any atom is 0.331 e. The number of hydrogen-bond acceptors (Lipinski definition) is 8. The van der Waals surface area contributed by atoms with Crippen molar-refractivity contribution in [3.8, 4) is 23.0 Å². The van der Waals surface area contributed by atoms with E-state index in [9.17, 15) is 4.79 Å². The molecule has 3 aromatic rings. The van der Waals surface area contributed by atoms with Crippen LogP contribution in [0.3, 0.4) is 0 Å². The number of pyridine rings is 1. The van der Waals surface area contributed by atoms with Crippen molar-refractivity contribution in [3.63, 3.8) is 0 Å². The van der Waals surface area contributed by atoms with E-state index in [1.165, 1.54) is 4.31 Å². The Hall–Kier alpha value is -3.21. The third kappa shape index (κ3) is 6.25. The molecule has 38 heavy (non-hydrogen) atoms. The van der Waals surface area contributed by atoms with E-state index in [4.69, 9.17) is 14.2 Å². The Labute approximate surface area is 230 Å². The lowest BCUT2D eigenvalue weighted by molar-refractivity contribution is 0.153. The Kier molecular flexibility index (Phi) is 9.19. The fraction of sp³-hybridized carbons (Fsp3) is 0.429. The van der Waals surface area contributed by atoms with Crippen LogP contribution in [0.4, 0.5) is 10.5 Å². The number of ether oxygens (including phenoxy) is 3. The van der Waals surface area contributed by atoms with Gasteiger partial charge in [-0.15, -0.1) is 0 Å². The van der Waals surface area contributed by atoms with E-state index in [2.05, 4.69) is 40.0 Å². The van der Waals surface area contributed by atoms with Crippen LogP contribution in [0.1, 0.15) is 17.5 Å². The zero-order chi connectivity index (χ0) is 27.2. The lowest BCUT2D eigenvalue weighted by Gasteiger charge is -2.32. The lowest BCUT2D eigenvalue weighted by Crippen LogP contribution is -2.45. The quantitative estimate of drug-likeness (QED) is 0.303. The van der Waals surface area contributed by atoms with Crippen molar-refractivity contribution in [2.24, 2.45) is 0 Å². The summed E-state index contributed by atoms with van der Waals surface area (Å²) >= 11 is 4.50. The molecule has 1 aliphatic heterocycles. The molecule has 1 aliphatic rings. The molecule has 2 amide bonds. The van der Waals surface area contributed by atoms with Gasteiger partial charge in [-0.05, 0) is 69.3 Å². The number of benzene rings is 2. The molecule has 1 saturated heterocycles. The molecule has 204 valence electrons. The van der Waals surface area contributed by atoms with Crippen LogP contribution in [-0.2, 0) is 0 Å². The average molecular weight is 540 g/mol. The second-order valence-corrected chi connectivity index (χ2v) is 9.91. The standard InChI is InChI=1S/C28H37N5O4S/c1-19-20(2)24(37-25-9-11-29-22-18-27(36-5)26(35-4)17-21(22)25)8-7-23(19)33(38)28(34)30-10-6-12-32-15-13-31(3)14-16-32/h7-9,11,17-18,38H,6,10,12-16H2,1-5H3,(H,30,34). The lowest BCUT2D eigenvalue weighted by atomic mass is 10.1. The maximum absolute atomic E-state index is 12.8. The van der Waals surface area contributed by atoms with Gasteiger partial charge in [-0.1, -0.05) is 12.8 Å². The number of rotatable bonds is 9. The van der Waals surface area contributed by atoms with Gasteiger partial charge in [0, 0.05) is 50.4 Å². The maximum atomic E-state index is 12.8. The number of methoxy groups -OCH3 is 2. The van der Waals surface area contributed by atoms with Gasteiger partial charge in [0.2, 0.25) is 0 Å². The van der Waals surface area contributed by atoms with E-state index in [-0.39, 0.29) is 6.03 Å². The number of carbonyl (C=O) groups excluding carboxylic acids is 1. The molecule has 1 aromatic heterocycles. The minimum atomic E-state index is -0.246. The first-order chi connectivity index (χ1) is 18.3. The number of likely N-dealkylation sites (N-methyl/N-ethyl adjacent to an activating group) is 1. The van der Waals surface area contributed by atoms with Crippen molar-refractivity contribution in [1.29, 1.82) is 0 Å². The fourth-order valence-electron chi connectivity index (χ4n) is 4.53. The summed E-state index contributed by atoms with van der Waals surface area (Å²) in [6.45, 7) is 9.85.